The van der Waals surface area contributed by atoms with E-state index in [1.165, 1.54) is 0 Å². The van der Waals surface area contributed by atoms with Gasteiger partial charge in [-0.15, -0.1) is 17.0 Å². The minimum absolute atomic E-state index is 0. The fourth-order valence-electron chi connectivity index (χ4n) is 0.806. The lowest BCUT2D eigenvalue weighted by Gasteiger charge is -2.06. The lowest BCUT2D eigenvalue weighted by atomic mass is 10.1. The van der Waals surface area contributed by atoms with Crippen LogP contribution in [0.15, 0.2) is 30.3 Å². The molecule has 1 atom stereocenters. The van der Waals surface area contributed by atoms with Gasteiger partial charge in [0.1, 0.15) is 0 Å². The van der Waals surface area contributed by atoms with Crippen molar-refractivity contribution in [1.82, 2.24) is 0 Å². The number of aliphatic hydroxyl groups excluding tert-OH is 1. The van der Waals surface area contributed by atoms with Gasteiger partial charge in [0.05, 0.1) is 12.6 Å². The zero-order valence-electron chi connectivity index (χ0n) is 6.10. The molecule has 0 aromatic heterocycles. The summed E-state index contributed by atoms with van der Waals surface area (Å²) in [5, 5.41) is 8.66. The third-order valence-corrected chi connectivity index (χ3v) is 1.42. The smallest absolute Gasteiger partial charge is 0.0624 e. The number of rotatable bonds is 2. The fourth-order valence-corrected chi connectivity index (χ4v) is 0.806. The van der Waals surface area contributed by atoms with Crippen molar-refractivity contribution in [2.24, 2.45) is 5.73 Å². The van der Waals surface area contributed by atoms with Crippen molar-refractivity contribution in [2.75, 3.05) is 6.61 Å². The van der Waals surface area contributed by atoms with Crippen LogP contribution in [-0.2, 0) is 0 Å². The monoisotopic (exact) mass is 217 g/mol. The molecule has 0 aliphatic carbocycles. The van der Waals surface area contributed by atoms with E-state index in [1.807, 2.05) is 30.3 Å². The topological polar surface area (TPSA) is 46.2 Å². The van der Waals surface area contributed by atoms with Crippen LogP contribution in [0.1, 0.15) is 11.6 Å². The predicted molar refractivity (Wildman–Crippen MR) is 50.8 cm³/mol. The molecule has 1 aromatic carbocycles. The molecule has 1 unspecified atom stereocenters. The van der Waals surface area contributed by atoms with Gasteiger partial charge in [0, 0.05) is 0 Å². The molecule has 3 N–H and O–H groups in total. The van der Waals surface area contributed by atoms with Gasteiger partial charge in [-0.25, -0.2) is 0 Å². The van der Waals surface area contributed by atoms with Gasteiger partial charge in [-0.1, -0.05) is 30.3 Å². The standard InChI is InChI=1S/C8H11NO.BrH/c9-8(6-10)7-4-2-1-3-5-7;/h1-5,8,10H,6,9H2;1H. The number of benzene rings is 1. The average molecular weight is 218 g/mol. The molecule has 0 saturated heterocycles. The van der Waals surface area contributed by atoms with Crippen molar-refractivity contribution < 1.29 is 5.11 Å². The lowest BCUT2D eigenvalue weighted by Crippen LogP contribution is -2.13. The summed E-state index contributed by atoms with van der Waals surface area (Å²) in [7, 11) is 0. The highest BCUT2D eigenvalue weighted by Gasteiger charge is 2.00. The van der Waals surface area contributed by atoms with Crippen LogP contribution in [-0.4, -0.2) is 11.7 Å². The molecule has 0 bridgehead atoms. The summed E-state index contributed by atoms with van der Waals surface area (Å²) in [6, 6.07) is 9.31. The first-order valence-electron chi connectivity index (χ1n) is 3.26. The molecule has 62 valence electrons. The first-order chi connectivity index (χ1) is 4.84. The van der Waals surface area contributed by atoms with Crippen LogP contribution in [0.5, 0.6) is 0 Å². The number of hydrogen-bond acceptors (Lipinski definition) is 2. The van der Waals surface area contributed by atoms with Crippen LogP contribution in [0.3, 0.4) is 0 Å². The Morgan fingerprint density at radius 1 is 1.27 bits per heavy atom. The summed E-state index contributed by atoms with van der Waals surface area (Å²) in [5.41, 5.74) is 6.52. The van der Waals surface area contributed by atoms with Gasteiger partial charge >= 0.3 is 0 Å². The van der Waals surface area contributed by atoms with Crippen molar-refractivity contribution >= 4 is 17.0 Å². The van der Waals surface area contributed by atoms with Crippen LogP contribution < -0.4 is 5.73 Å². The number of aliphatic hydroxyl groups is 1. The third-order valence-electron chi connectivity index (χ3n) is 1.42. The molecular weight excluding hydrogens is 206 g/mol. The maximum absolute atomic E-state index is 8.66. The van der Waals surface area contributed by atoms with Crippen molar-refractivity contribution in [3.05, 3.63) is 35.9 Å². The second kappa shape index (κ2) is 5.29. The minimum atomic E-state index is -0.235. The summed E-state index contributed by atoms with van der Waals surface area (Å²) >= 11 is 0. The Morgan fingerprint density at radius 2 is 1.82 bits per heavy atom. The summed E-state index contributed by atoms with van der Waals surface area (Å²) < 4.78 is 0. The third kappa shape index (κ3) is 3.01. The van der Waals surface area contributed by atoms with Gasteiger partial charge in [0.25, 0.3) is 0 Å². The lowest BCUT2D eigenvalue weighted by molar-refractivity contribution is 0.268. The first kappa shape index (κ1) is 10.6. The van der Waals surface area contributed by atoms with Crippen LogP contribution in [0.25, 0.3) is 0 Å². The maximum Gasteiger partial charge on any atom is 0.0624 e. The van der Waals surface area contributed by atoms with Gasteiger partial charge < -0.3 is 10.8 Å². The number of halogens is 1. The molecule has 0 radical (unpaired) electrons. The summed E-state index contributed by atoms with van der Waals surface area (Å²) in [6.45, 7) is 0.00398. The van der Waals surface area contributed by atoms with E-state index in [1.54, 1.807) is 0 Å². The Labute approximate surface area is 76.8 Å². The molecule has 1 aromatic rings. The van der Waals surface area contributed by atoms with E-state index in [4.69, 9.17) is 10.8 Å². The van der Waals surface area contributed by atoms with Crippen molar-refractivity contribution in [2.45, 2.75) is 6.04 Å². The van der Waals surface area contributed by atoms with Crippen LogP contribution in [0.4, 0.5) is 0 Å². The Morgan fingerprint density at radius 3 is 2.27 bits per heavy atom. The highest BCUT2D eigenvalue weighted by molar-refractivity contribution is 8.93. The zero-order chi connectivity index (χ0) is 7.40. The Bertz CT molecular complexity index is 191. The molecule has 0 heterocycles. The van der Waals surface area contributed by atoms with E-state index in [0.717, 1.165) is 5.56 Å². The Hall–Kier alpha value is -0.380. The maximum atomic E-state index is 8.66. The summed E-state index contributed by atoms with van der Waals surface area (Å²) in [5.74, 6) is 0. The van der Waals surface area contributed by atoms with E-state index >= 15 is 0 Å². The summed E-state index contributed by atoms with van der Waals surface area (Å²) in [4.78, 5) is 0. The predicted octanol–water partition coefficient (Wildman–Crippen LogP) is 1.26. The van der Waals surface area contributed by atoms with Crippen molar-refractivity contribution in [3.63, 3.8) is 0 Å². The Kier molecular flexibility index (Phi) is 5.11. The quantitative estimate of drug-likeness (QED) is 0.784. The second-order valence-electron chi connectivity index (χ2n) is 2.20. The first-order valence-corrected chi connectivity index (χ1v) is 3.26. The van der Waals surface area contributed by atoms with E-state index in [0.29, 0.717) is 0 Å². The van der Waals surface area contributed by atoms with Crippen molar-refractivity contribution in [3.8, 4) is 0 Å². The average Bonchev–Trinajstić information content (AvgIpc) is 2.05. The van der Waals surface area contributed by atoms with Crippen LogP contribution in [0, 0.1) is 0 Å². The molecule has 0 saturated carbocycles. The van der Waals surface area contributed by atoms with E-state index in [2.05, 4.69) is 0 Å². The molecule has 0 aliphatic heterocycles. The molecule has 0 aliphatic rings. The number of hydrogen-bond donors (Lipinski definition) is 2. The molecular formula is C8H12BrNO. The molecule has 0 amide bonds. The van der Waals surface area contributed by atoms with Gasteiger partial charge in [-0.05, 0) is 5.56 Å². The van der Waals surface area contributed by atoms with Gasteiger partial charge in [0.15, 0.2) is 0 Å². The molecule has 0 spiro atoms. The van der Waals surface area contributed by atoms with Crippen molar-refractivity contribution in [1.29, 1.82) is 0 Å². The summed E-state index contributed by atoms with van der Waals surface area (Å²) in [6.07, 6.45) is 0. The molecule has 3 heteroatoms. The SMILES string of the molecule is Br.NC(CO)c1ccccc1. The Balaban J connectivity index is 0.000001000. The largest absolute Gasteiger partial charge is 0.394 e. The highest BCUT2D eigenvalue weighted by Crippen LogP contribution is 2.06. The molecule has 2 nitrogen and oxygen atoms in total. The van der Waals surface area contributed by atoms with E-state index in [-0.39, 0.29) is 29.6 Å². The zero-order valence-corrected chi connectivity index (χ0v) is 7.82. The molecule has 1 rings (SSSR count). The fraction of sp³-hybridized carbons (Fsp3) is 0.250. The van der Waals surface area contributed by atoms with E-state index < -0.39 is 0 Å². The highest BCUT2D eigenvalue weighted by atomic mass is 79.9. The van der Waals surface area contributed by atoms with Gasteiger partial charge in [-0.3, -0.25) is 0 Å². The van der Waals surface area contributed by atoms with Gasteiger partial charge in [-0.2, -0.15) is 0 Å². The second-order valence-corrected chi connectivity index (χ2v) is 2.20. The molecule has 11 heavy (non-hydrogen) atoms. The van der Waals surface area contributed by atoms with Gasteiger partial charge in [0.2, 0.25) is 0 Å². The van der Waals surface area contributed by atoms with Crippen LogP contribution in [0.2, 0.25) is 0 Å². The van der Waals surface area contributed by atoms with Crippen LogP contribution >= 0.6 is 17.0 Å². The normalized spacial score (nSPS) is 11.8. The number of nitrogens with two attached hydrogens (primary N) is 1. The minimum Gasteiger partial charge on any atom is -0.394 e. The molecule has 0 fully saturated rings. The van der Waals surface area contributed by atoms with E-state index in [9.17, 15) is 0 Å².